The van der Waals surface area contributed by atoms with Crippen LogP contribution in [0.15, 0.2) is 47.4 Å². The van der Waals surface area contributed by atoms with Gasteiger partial charge in [0.25, 0.3) is 0 Å². The van der Waals surface area contributed by atoms with E-state index in [-0.39, 0.29) is 0 Å². The normalized spacial score (nSPS) is 14.2. The number of nitrogens with one attached hydrogen (secondary N) is 2. The maximum atomic E-state index is 6.92. The second-order valence-electron chi connectivity index (χ2n) is 2.83. The molecular formula is C10H9N3. The van der Waals surface area contributed by atoms with Crippen LogP contribution in [0.1, 0.15) is 5.56 Å². The van der Waals surface area contributed by atoms with E-state index in [4.69, 9.17) is 5.53 Å². The monoisotopic (exact) mass is 171 g/mol. The van der Waals surface area contributed by atoms with Gasteiger partial charge in [-0.25, -0.2) is 5.53 Å². The summed E-state index contributed by atoms with van der Waals surface area (Å²) in [4.78, 5) is 0. The summed E-state index contributed by atoms with van der Waals surface area (Å²) in [5, 5.41) is 6.46. The zero-order valence-corrected chi connectivity index (χ0v) is 7.04. The Bertz CT molecular complexity index is 404. The molecule has 0 bridgehead atoms. The number of hydrogen-bond acceptors (Lipinski definition) is 3. The maximum Gasteiger partial charge on any atom is 0.108 e. The van der Waals surface area contributed by atoms with Gasteiger partial charge in [0, 0.05) is 11.3 Å². The molecule has 3 heteroatoms. The van der Waals surface area contributed by atoms with Crippen LogP contribution in [0.3, 0.4) is 0 Å². The van der Waals surface area contributed by atoms with E-state index in [1.807, 2.05) is 30.3 Å². The molecule has 64 valence electrons. The molecule has 1 aliphatic rings. The summed E-state index contributed by atoms with van der Waals surface area (Å²) in [6, 6.07) is 7.85. The highest BCUT2D eigenvalue weighted by Crippen LogP contribution is 2.28. The van der Waals surface area contributed by atoms with Crippen molar-refractivity contribution in [3.8, 4) is 0 Å². The van der Waals surface area contributed by atoms with Crippen molar-refractivity contribution in [3.05, 3.63) is 47.8 Å². The Morgan fingerprint density at radius 3 is 2.85 bits per heavy atom. The van der Waals surface area contributed by atoms with E-state index in [1.165, 1.54) is 0 Å². The first-order valence-electron chi connectivity index (χ1n) is 3.96. The number of fused-ring (bicyclic) bond motifs is 1. The van der Waals surface area contributed by atoms with Gasteiger partial charge in [0.05, 0.1) is 5.70 Å². The number of benzene rings is 1. The number of nitrogens with zero attached hydrogens (tertiary/aromatic N) is 1. The molecule has 2 N–H and O–H groups in total. The Kier molecular flexibility index (Phi) is 1.70. The van der Waals surface area contributed by atoms with Gasteiger partial charge in [0.15, 0.2) is 0 Å². The highest BCUT2D eigenvalue weighted by molar-refractivity contribution is 5.76. The molecule has 0 radical (unpaired) electrons. The fourth-order valence-corrected chi connectivity index (χ4v) is 1.30. The maximum absolute atomic E-state index is 6.92. The first-order valence-corrected chi connectivity index (χ1v) is 3.96. The second kappa shape index (κ2) is 2.86. The van der Waals surface area contributed by atoms with Crippen molar-refractivity contribution < 1.29 is 0 Å². The van der Waals surface area contributed by atoms with E-state index in [0.29, 0.717) is 11.4 Å². The third kappa shape index (κ3) is 1.24. The van der Waals surface area contributed by atoms with Gasteiger partial charge in [-0.05, 0) is 12.1 Å². The van der Waals surface area contributed by atoms with Gasteiger partial charge in [-0.2, -0.15) is 5.11 Å². The molecule has 1 aromatic rings. The van der Waals surface area contributed by atoms with Crippen LogP contribution in [-0.2, 0) is 0 Å². The molecule has 1 aliphatic heterocycles. The molecular weight excluding hydrogens is 162 g/mol. The van der Waals surface area contributed by atoms with Gasteiger partial charge in [-0.15, -0.1) is 0 Å². The standard InChI is InChI=1S/C10H9N3/c1-7-10(13-11)6-8-4-2-3-5-9(8)12-7/h2-6,11-12H,1H2. The van der Waals surface area contributed by atoms with Crippen LogP contribution in [0.2, 0.25) is 0 Å². The summed E-state index contributed by atoms with van der Waals surface area (Å²) in [6.45, 7) is 3.77. The summed E-state index contributed by atoms with van der Waals surface area (Å²) in [6.07, 6.45) is 1.85. The number of anilines is 1. The van der Waals surface area contributed by atoms with Crippen molar-refractivity contribution in [3.63, 3.8) is 0 Å². The molecule has 13 heavy (non-hydrogen) atoms. The highest BCUT2D eigenvalue weighted by Gasteiger charge is 2.11. The van der Waals surface area contributed by atoms with Crippen LogP contribution < -0.4 is 5.32 Å². The Labute approximate surface area is 76.3 Å². The van der Waals surface area contributed by atoms with Crippen molar-refractivity contribution >= 4 is 11.8 Å². The van der Waals surface area contributed by atoms with Gasteiger partial charge < -0.3 is 5.32 Å². The molecule has 0 saturated carbocycles. The van der Waals surface area contributed by atoms with Crippen molar-refractivity contribution in [1.82, 2.24) is 0 Å². The Balaban J connectivity index is 2.56. The zero-order chi connectivity index (χ0) is 9.26. The minimum Gasteiger partial charge on any atom is -0.354 e. The van der Waals surface area contributed by atoms with E-state index in [0.717, 1.165) is 11.3 Å². The van der Waals surface area contributed by atoms with Crippen LogP contribution in [0.4, 0.5) is 5.69 Å². The number of para-hydroxylation sites is 1. The SMILES string of the molecule is C=C1Nc2ccccc2C=C1N=N. The average molecular weight is 171 g/mol. The molecule has 0 atom stereocenters. The van der Waals surface area contributed by atoms with Crippen LogP contribution >= 0.6 is 0 Å². The van der Waals surface area contributed by atoms with E-state index in [9.17, 15) is 0 Å². The lowest BCUT2D eigenvalue weighted by atomic mass is 10.1. The molecule has 0 fully saturated rings. The van der Waals surface area contributed by atoms with Crippen molar-refractivity contribution in [2.75, 3.05) is 5.32 Å². The van der Waals surface area contributed by atoms with Crippen LogP contribution in [-0.4, -0.2) is 0 Å². The topological polar surface area (TPSA) is 48.2 Å². The van der Waals surface area contributed by atoms with Crippen molar-refractivity contribution in [2.45, 2.75) is 0 Å². The highest BCUT2D eigenvalue weighted by atomic mass is 15.0. The molecule has 0 saturated heterocycles. The van der Waals surface area contributed by atoms with Crippen LogP contribution in [0.5, 0.6) is 0 Å². The fourth-order valence-electron chi connectivity index (χ4n) is 1.30. The molecule has 0 amide bonds. The second-order valence-corrected chi connectivity index (χ2v) is 2.83. The minimum absolute atomic E-state index is 0.582. The molecule has 3 nitrogen and oxygen atoms in total. The predicted molar refractivity (Wildman–Crippen MR) is 52.3 cm³/mol. The lowest BCUT2D eigenvalue weighted by Crippen LogP contribution is -2.05. The van der Waals surface area contributed by atoms with Gasteiger partial charge in [0.1, 0.15) is 5.70 Å². The van der Waals surface area contributed by atoms with E-state index < -0.39 is 0 Å². The van der Waals surface area contributed by atoms with Crippen LogP contribution in [0, 0.1) is 5.53 Å². The van der Waals surface area contributed by atoms with E-state index in [1.54, 1.807) is 0 Å². The summed E-state index contributed by atoms with van der Waals surface area (Å²) in [5.41, 5.74) is 10.2. The Morgan fingerprint density at radius 2 is 2.08 bits per heavy atom. The molecule has 1 aromatic carbocycles. The summed E-state index contributed by atoms with van der Waals surface area (Å²) in [7, 11) is 0. The third-order valence-electron chi connectivity index (χ3n) is 1.97. The summed E-state index contributed by atoms with van der Waals surface area (Å²) < 4.78 is 0. The van der Waals surface area contributed by atoms with Gasteiger partial charge in [0.2, 0.25) is 0 Å². The molecule has 2 rings (SSSR count). The van der Waals surface area contributed by atoms with Gasteiger partial charge in [-0.1, -0.05) is 24.8 Å². The number of rotatable bonds is 1. The lowest BCUT2D eigenvalue weighted by molar-refractivity contribution is 1.07. The quantitative estimate of drug-likeness (QED) is 0.627. The minimum atomic E-state index is 0.582. The molecule has 0 aliphatic carbocycles. The summed E-state index contributed by atoms with van der Waals surface area (Å²) in [5.74, 6) is 0. The molecule has 0 aromatic heterocycles. The van der Waals surface area contributed by atoms with Gasteiger partial charge >= 0.3 is 0 Å². The van der Waals surface area contributed by atoms with Crippen molar-refractivity contribution in [1.29, 1.82) is 5.53 Å². The largest absolute Gasteiger partial charge is 0.354 e. The molecule has 1 heterocycles. The van der Waals surface area contributed by atoms with Crippen molar-refractivity contribution in [2.24, 2.45) is 5.11 Å². The zero-order valence-electron chi connectivity index (χ0n) is 7.04. The molecule has 0 spiro atoms. The van der Waals surface area contributed by atoms with Gasteiger partial charge in [-0.3, -0.25) is 0 Å². The Morgan fingerprint density at radius 1 is 1.31 bits per heavy atom. The summed E-state index contributed by atoms with van der Waals surface area (Å²) >= 11 is 0. The predicted octanol–water partition coefficient (Wildman–Crippen LogP) is 3.00. The first-order chi connectivity index (χ1) is 6.31. The smallest absolute Gasteiger partial charge is 0.108 e. The average Bonchev–Trinajstić information content (AvgIpc) is 2.17. The lowest BCUT2D eigenvalue weighted by Gasteiger charge is -2.16. The van der Waals surface area contributed by atoms with E-state index in [2.05, 4.69) is 17.0 Å². The first kappa shape index (κ1) is 7.73. The Hall–Kier alpha value is -1.90. The van der Waals surface area contributed by atoms with Crippen LogP contribution in [0.25, 0.3) is 6.08 Å². The third-order valence-corrected chi connectivity index (χ3v) is 1.97. The molecule has 0 unspecified atom stereocenters. The van der Waals surface area contributed by atoms with E-state index >= 15 is 0 Å². The fraction of sp³-hybridized carbons (Fsp3) is 0. The number of hydrogen-bond donors (Lipinski definition) is 2.